The van der Waals surface area contributed by atoms with Gasteiger partial charge in [-0.15, -0.1) is 0 Å². The molecule has 0 N–H and O–H groups in total. The predicted octanol–water partition coefficient (Wildman–Crippen LogP) is 7.10. The molecular formula is C21H24F2. The number of rotatable bonds is 7. The monoisotopic (exact) mass is 314 g/mol. The minimum absolute atomic E-state index is 0.180. The van der Waals surface area contributed by atoms with Crippen molar-refractivity contribution in [2.75, 3.05) is 0 Å². The van der Waals surface area contributed by atoms with Crippen molar-refractivity contribution in [2.24, 2.45) is 0 Å². The van der Waals surface area contributed by atoms with Gasteiger partial charge in [-0.2, -0.15) is 0 Å². The van der Waals surface area contributed by atoms with E-state index < -0.39 is 11.7 Å². The molecule has 23 heavy (non-hydrogen) atoms. The van der Waals surface area contributed by atoms with Crippen LogP contribution in [-0.2, 0) is 6.42 Å². The Bertz CT molecular complexity index is 637. The molecule has 0 fully saturated rings. The second kappa shape index (κ2) is 8.61. The fourth-order valence-corrected chi connectivity index (χ4v) is 2.54. The maximum absolute atomic E-state index is 14.1. The summed E-state index contributed by atoms with van der Waals surface area (Å²) in [4.78, 5) is 0. The van der Waals surface area contributed by atoms with Crippen LogP contribution in [0.1, 0.15) is 50.7 Å². The molecule has 0 saturated heterocycles. The molecule has 0 aliphatic carbocycles. The molecule has 0 aliphatic heterocycles. The van der Waals surface area contributed by atoms with E-state index in [4.69, 9.17) is 0 Å². The van der Waals surface area contributed by atoms with E-state index in [9.17, 15) is 8.78 Å². The minimum atomic E-state index is -0.728. The summed E-state index contributed by atoms with van der Waals surface area (Å²) in [7, 11) is 0. The quantitative estimate of drug-likeness (QED) is 0.478. The van der Waals surface area contributed by atoms with E-state index in [1.54, 1.807) is 12.1 Å². The predicted molar refractivity (Wildman–Crippen MR) is 94.5 cm³/mol. The number of unbranched alkanes of at least 4 members (excludes halogenated alkanes) is 2. The second-order valence-electron chi connectivity index (χ2n) is 5.80. The van der Waals surface area contributed by atoms with E-state index in [0.29, 0.717) is 12.0 Å². The van der Waals surface area contributed by atoms with Gasteiger partial charge in [-0.3, -0.25) is 0 Å². The summed E-state index contributed by atoms with van der Waals surface area (Å²) in [5, 5.41) is 0. The fraction of sp³-hybridized carbons (Fsp3) is 0.333. The van der Waals surface area contributed by atoms with Crippen LogP contribution in [0.5, 0.6) is 0 Å². The first-order valence-electron chi connectivity index (χ1n) is 8.39. The number of benzene rings is 2. The van der Waals surface area contributed by atoms with Crippen molar-refractivity contribution in [1.82, 2.24) is 0 Å². The molecule has 0 radical (unpaired) electrons. The standard InChI is InChI=1S/C21H24F2/c1-3-5-6-7-20(22)21(23)19-14-12-18(13-15-19)17-10-8-16(4-2)9-11-17/h8-15H,3-7H2,1-2H3/b21-20-. The van der Waals surface area contributed by atoms with Gasteiger partial charge in [-0.05, 0) is 29.5 Å². The Morgan fingerprint density at radius 1 is 0.783 bits per heavy atom. The van der Waals surface area contributed by atoms with Crippen LogP contribution in [0, 0.1) is 0 Å². The molecule has 0 aromatic heterocycles. The lowest BCUT2D eigenvalue weighted by molar-refractivity contribution is 0.541. The van der Waals surface area contributed by atoms with Gasteiger partial charge in [0, 0.05) is 12.0 Å². The van der Waals surface area contributed by atoms with Crippen molar-refractivity contribution >= 4 is 5.83 Å². The lowest BCUT2D eigenvalue weighted by Gasteiger charge is -2.06. The zero-order chi connectivity index (χ0) is 16.7. The molecule has 0 amide bonds. The van der Waals surface area contributed by atoms with Gasteiger partial charge in [-0.1, -0.05) is 75.2 Å². The molecular weight excluding hydrogens is 290 g/mol. The van der Waals surface area contributed by atoms with Crippen molar-refractivity contribution in [3.63, 3.8) is 0 Å². The molecule has 0 unspecified atom stereocenters. The Morgan fingerprint density at radius 3 is 1.87 bits per heavy atom. The molecule has 0 heterocycles. The molecule has 2 rings (SSSR count). The molecule has 2 heteroatoms. The summed E-state index contributed by atoms with van der Waals surface area (Å²) < 4.78 is 27.9. The maximum Gasteiger partial charge on any atom is 0.161 e. The number of aryl methyl sites for hydroxylation is 1. The summed E-state index contributed by atoms with van der Waals surface area (Å²) in [6.45, 7) is 4.16. The average molecular weight is 314 g/mol. The van der Waals surface area contributed by atoms with Crippen molar-refractivity contribution < 1.29 is 8.78 Å². The molecule has 0 spiro atoms. The zero-order valence-electron chi connectivity index (χ0n) is 13.9. The molecule has 0 nitrogen and oxygen atoms in total. The smallest absolute Gasteiger partial charge is 0.161 e. The molecule has 2 aromatic rings. The van der Waals surface area contributed by atoms with Crippen LogP contribution in [0.3, 0.4) is 0 Å². The maximum atomic E-state index is 14.1. The summed E-state index contributed by atoms with van der Waals surface area (Å²) in [6.07, 6.45) is 3.80. The number of allylic oxidation sites excluding steroid dienone is 1. The van der Waals surface area contributed by atoms with Crippen LogP contribution in [0.15, 0.2) is 54.4 Å². The third-order valence-electron chi connectivity index (χ3n) is 4.07. The van der Waals surface area contributed by atoms with Crippen LogP contribution >= 0.6 is 0 Å². The average Bonchev–Trinajstić information content (AvgIpc) is 2.61. The normalized spacial score (nSPS) is 12.2. The van der Waals surface area contributed by atoms with E-state index in [1.165, 1.54) is 5.56 Å². The van der Waals surface area contributed by atoms with Gasteiger partial charge in [0.2, 0.25) is 0 Å². The number of halogens is 2. The summed E-state index contributed by atoms with van der Waals surface area (Å²) in [5.74, 6) is -1.37. The second-order valence-corrected chi connectivity index (χ2v) is 5.80. The van der Waals surface area contributed by atoms with Crippen molar-refractivity contribution in [2.45, 2.75) is 46.0 Å². The largest absolute Gasteiger partial charge is 0.209 e. The van der Waals surface area contributed by atoms with Gasteiger partial charge >= 0.3 is 0 Å². The molecule has 0 saturated carbocycles. The first-order valence-corrected chi connectivity index (χ1v) is 8.39. The Balaban J connectivity index is 2.13. The van der Waals surface area contributed by atoms with E-state index in [-0.39, 0.29) is 6.42 Å². The number of hydrogen-bond acceptors (Lipinski definition) is 0. The van der Waals surface area contributed by atoms with Gasteiger partial charge in [0.1, 0.15) is 5.83 Å². The van der Waals surface area contributed by atoms with E-state index in [0.717, 1.165) is 30.4 Å². The third-order valence-corrected chi connectivity index (χ3v) is 4.07. The highest BCUT2D eigenvalue weighted by molar-refractivity contribution is 5.68. The van der Waals surface area contributed by atoms with Gasteiger partial charge < -0.3 is 0 Å². The lowest BCUT2D eigenvalue weighted by Crippen LogP contribution is -1.86. The van der Waals surface area contributed by atoms with Gasteiger partial charge in [0.05, 0.1) is 0 Å². The molecule has 0 aliphatic rings. The Kier molecular flexibility index (Phi) is 6.52. The Hall–Kier alpha value is -1.96. The minimum Gasteiger partial charge on any atom is -0.209 e. The van der Waals surface area contributed by atoms with Crippen LogP contribution < -0.4 is 0 Å². The molecule has 0 bridgehead atoms. The molecule has 0 atom stereocenters. The lowest BCUT2D eigenvalue weighted by atomic mass is 10.0. The van der Waals surface area contributed by atoms with Gasteiger partial charge in [-0.25, -0.2) is 8.78 Å². The van der Waals surface area contributed by atoms with Gasteiger partial charge in [0.15, 0.2) is 5.83 Å². The van der Waals surface area contributed by atoms with Crippen molar-refractivity contribution in [3.8, 4) is 11.1 Å². The van der Waals surface area contributed by atoms with Crippen molar-refractivity contribution in [3.05, 3.63) is 65.5 Å². The van der Waals surface area contributed by atoms with Crippen molar-refractivity contribution in [1.29, 1.82) is 0 Å². The first-order chi connectivity index (χ1) is 11.2. The summed E-state index contributed by atoms with van der Waals surface area (Å²) in [5.41, 5.74) is 3.69. The Morgan fingerprint density at radius 2 is 1.35 bits per heavy atom. The highest BCUT2D eigenvalue weighted by atomic mass is 19.2. The number of hydrogen-bond donors (Lipinski definition) is 0. The fourth-order valence-electron chi connectivity index (χ4n) is 2.54. The van der Waals surface area contributed by atoms with Gasteiger partial charge in [0.25, 0.3) is 0 Å². The van der Waals surface area contributed by atoms with Crippen LogP contribution in [0.25, 0.3) is 17.0 Å². The summed E-state index contributed by atoms with van der Waals surface area (Å²) in [6, 6.07) is 15.3. The SMILES string of the molecule is CCCCC/C(F)=C(/F)c1ccc(-c2ccc(CC)cc2)cc1. The van der Waals surface area contributed by atoms with E-state index in [1.807, 2.05) is 19.1 Å². The first kappa shape index (κ1) is 17.4. The van der Waals surface area contributed by atoms with Crippen LogP contribution in [-0.4, -0.2) is 0 Å². The van der Waals surface area contributed by atoms with Crippen LogP contribution in [0.4, 0.5) is 8.78 Å². The summed E-state index contributed by atoms with van der Waals surface area (Å²) >= 11 is 0. The highest BCUT2D eigenvalue weighted by Crippen LogP contribution is 2.27. The van der Waals surface area contributed by atoms with E-state index in [2.05, 4.69) is 31.2 Å². The topological polar surface area (TPSA) is 0 Å². The Labute approximate surface area is 137 Å². The third kappa shape index (κ3) is 4.75. The van der Waals surface area contributed by atoms with Crippen LogP contribution in [0.2, 0.25) is 0 Å². The van der Waals surface area contributed by atoms with E-state index >= 15 is 0 Å². The highest BCUT2D eigenvalue weighted by Gasteiger charge is 2.09. The molecule has 122 valence electrons. The molecule has 2 aromatic carbocycles. The zero-order valence-corrected chi connectivity index (χ0v) is 13.9.